The van der Waals surface area contributed by atoms with Crippen molar-refractivity contribution < 1.29 is 14.3 Å². The van der Waals surface area contributed by atoms with E-state index in [-0.39, 0.29) is 11.8 Å². The molecule has 0 spiro atoms. The largest absolute Gasteiger partial charge is 0.462 e. The lowest BCUT2D eigenvalue weighted by Crippen LogP contribution is -2.05. The van der Waals surface area contributed by atoms with Crippen molar-refractivity contribution in [2.75, 3.05) is 17.2 Å². The van der Waals surface area contributed by atoms with E-state index in [0.29, 0.717) is 29.5 Å². The van der Waals surface area contributed by atoms with Gasteiger partial charge in [-0.1, -0.05) is 12.1 Å². The van der Waals surface area contributed by atoms with Crippen molar-refractivity contribution in [3.63, 3.8) is 0 Å². The molecule has 0 unspecified atom stereocenters. The summed E-state index contributed by atoms with van der Waals surface area (Å²) in [6.07, 6.45) is 0. The number of hydrogen-bond donors (Lipinski definition) is 2. The molecule has 148 valence electrons. The predicted molar refractivity (Wildman–Crippen MR) is 112 cm³/mol. The minimum absolute atomic E-state index is 0.00701. The third-order valence-corrected chi connectivity index (χ3v) is 4.05. The van der Waals surface area contributed by atoms with Crippen molar-refractivity contribution >= 4 is 34.9 Å². The van der Waals surface area contributed by atoms with Gasteiger partial charge in [0.05, 0.1) is 12.2 Å². The highest BCUT2D eigenvalue weighted by Crippen LogP contribution is 2.20. The zero-order chi connectivity index (χ0) is 20.8. The van der Waals surface area contributed by atoms with Gasteiger partial charge in [-0.3, -0.25) is 4.79 Å². The summed E-state index contributed by atoms with van der Waals surface area (Å²) in [6, 6.07) is 15.9. The Morgan fingerprint density at radius 1 is 0.931 bits per heavy atom. The molecule has 0 aliphatic rings. The first-order chi connectivity index (χ1) is 13.9. The fourth-order valence-corrected chi connectivity index (χ4v) is 2.69. The minimum Gasteiger partial charge on any atom is -0.462 e. The van der Waals surface area contributed by atoms with Gasteiger partial charge < -0.3 is 15.4 Å². The van der Waals surface area contributed by atoms with Crippen molar-refractivity contribution in [3.8, 4) is 0 Å². The van der Waals surface area contributed by atoms with Crippen LogP contribution in [0.3, 0.4) is 0 Å². The summed E-state index contributed by atoms with van der Waals surface area (Å²) in [5, 5.41) is 6.33. The Hall–Kier alpha value is -3.74. The number of benzene rings is 2. The van der Waals surface area contributed by atoms with E-state index in [0.717, 1.165) is 17.1 Å². The maximum absolute atomic E-state index is 11.8. The number of aryl methyl sites for hydroxylation is 1. The van der Waals surface area contributed by atoms with E-state index < -0.39 is 0 Å². The molecule has 0 aliphatic heterocycles. The van der Waals surface area contributed by atoms with Crippen LogP contribution >= 0.6 is 0 Å². The number of Topliss-reactive ketones (excluding diaryl/α,β-unsaturated/α-hetero) is 1. The van der Waals surface area contributed by atoms with E-state index >= 15 is 0 Å². The van der Waals surface area contributed by atoms with E-state index in [1.807, 2.05) is 19.1 Å². The Morgan fingerprint density at radius 3 is 2.38 bits per heavy atom. The molecule has 0 amide bonds. The van der Waals surface area contributed by atoms with Crippen LogP contribution in [-0.2, 0) is 4.74 Å². The highest BCUT2D eigenvalue weighted by atomic mass is 16.5. The van der Waals surface area contributed by atoms with Crippen LogP contribution in [0.15, 0.2) is 54.6 Å². The zero-order valence-electron chi connectivity index (χ0n) is 16.5. The molecule has 7 heteroatoms. The first kappa shape index (κ1) is 20.0. The lowest BCUT2D eigenvalue weighted by atomic mass is 10.1. The second kappa shape index (κ2) is 8.97. The molecule has 0 atom stereocenters. The number of esters is 1. The molecule has 0 aliphatic carbocycles. The van der Waals surface area contributed by atoms with Gasteiger partial charge in [-0.2, -0.15) is 4.98 Å². The lowest BCUT2D eigenvalue weighted by molar-refractivity contribution is 0.0526. The smallest absolute Gasteiger partial charge is 0.338 e. The Morgan fingerprint density at radius 2 is 1.69 bits per heavy atom. The maximum atomic E-state index is 11.8. The molecule has 2 N–H and O–H groups in total. The molecule has 0 radical (unpaired) electrons. The molecule has 3 rings (SSSR count). The lowest BCUT2D eigenvalue weighted by Gasteiger charge is -2.11. The quantitative estimate of drug-likeness (QED) is 0.448. The van der Waals surface area contributed by atoms with Crippen LogP contribution < -0.4 is 10.6 Å². The molecule has 0 bridgehead atoms. The van der Waals surface area contributed by atoms with E-state index in [1.54, 1.807) is 49.4 Å². The molecule has 3 aromatic rings. The molecule has 0 saturated heterocycles. The number of ketones is 1. The summed E-state index contributed by atoms with van der Waals surface area (Å²) in [6.45, 7) is 5.50. The molecule has 0 fully saturated rings. The predicted octanol–water partition coefficient (Wildman–Crippen LogP) is 4.65. The Bertz CT molecular complexity index is 1030. The Labute approximate surface area is 169 Å². The van der Waals surface area contributed by atoms with E-state index in [4.69, 9.17) is 4.74 Å². The van der Waals surface area contributed by atoms with Gasteiger partial charge in [0, 0.05) is 28.7 Å². The van der Waals surface area contributed by atoms with Gasteiger partial charge in [0.15, 0.2) is 5.78 Å². The zero-order valence-corrected chi connectivity index (χ0v) is 16.5. The molecule has 0 saturated carbocycles. The van der Waals surface area contributed by atoms with Crippen LogP contribution in [0.2, 0.25) is 0 Å². The molecule has 29 heavy (non-hydrogen) atoms. The number of anilines is 4. The summed E-state index contributed by atoms with van der Waals surface area (Å²) < 4.78 is 4.99. The van der Waals surface area contributed by atoms with Crippen LogP contribution in [0.4, 0.5) is 23.1 Å². The topological polar surface area (TPSA) is 93.2 Å². The van der Waals surface area contributed by atoms with E-state index in [2.05, 4.69) is 20.6 Å². The van der Waals surface area contributed by atoms with Crippen LogP contribution in [0.25, 0.3) is 0 Å². The van der Waals surface area contributed by atoms with Gasteiger partial charge in [-0.15, -0.1) is 0 Å². The van der Waals surface area contributed by atoms with Crippen molar-refractivity contribution in [3.05, 3.63) is 71.4 Å². The number of ether oxygens (including phenoxy) is 1. The van der Waals surface area contributed by atoms with Crippen molar-refractivity contribution in [1.82, 2.24) is 9.97 Å². The Balaban J connectivity index is 1.76. The van der Waals surface area contributed by atoms with Crippen molar-refractivity contribution in [1.29, 1.82) is 0 Å². The maximum Gasteiger partial charge on any atom is 0.338 e. The summed E-state index contributed by atoms with van der Waals surface area (Å²) in [5.74, 6) is 0.659. The number of aromatic nitrogens is 2. The van der Waals surface area contributed by atoms with Crippen LogP contribution in [0, 0.1) is 6.92 Å². The summed E-state index contributed by atoms with van der Waals surface area (Å²) >= 11 is 0. The van der Waals surface area contributed by atoms with Gasteiger partial charge in [0.1, 0.15) is 5.82 Å². The fourth-order valence-electron chi connectivity index (χ4n) is 2.69. The molecule has 2 aromatic carbocycles. The van der Waals surface area contributed by atoms with Crippen LogP contribution in [0.1, 0.15) is 40.3 Å². The number of carbonyl (C=O) groups is 2. The standard InChI is InChI=1S/C22H22N4O3/c1-4-29-21(28)16-8-10-18(11-9-16)24-20-12-14(2)23-22(26-20)25-19-7-5-6-17(13-19)15(3)27/h5-13H,4H2,1-3H3,(H2,23,24,25,26). The Kier molecular flexibility index (Phi) is 6.19. The van der Waals surface area contributed by atoms with Gasteiger partial charge in [0.25, 0.3) is 0 Å². The third kappa shape index (κ3) is 5.38. The van der Waals surface area contributed by atoms with Gasteiger partial charge in [0.2, 0.25) is 5.95 Å². The first-order valence-electron chi connectivity index (χ1n) is 9.22. The van der Waals surface area contributed by atoms with Gasteiger partial charge in [-0.05, 0) is 57.2 Å². The van der Waals surface area contributed by atoms with E-state index in [1.165, 1.54) is 6.92 Å². The number of hydrogen-bond acceptors (Lipinski definition) is 7. The SMILES string of the molecule is CCOC(=O)c1ccc(Nc2cc(C)nc(Nc3cccc(C(C)=O)c3)n2)cc1. The summed E-state index contributed by atoms with van der Waals surface area (Å²) in [5.41, 5.74) is 3.39. The minimum atomic E-state index is -0.351. The van der Waals surface area contributed by atoms with Crippen molar-refractivity contribution in [2.24, 2.45) is 0 Å². The van der Waals surface area contributed by atoms with Crippen LogP contribution in [-0.4, -0.2) is 28.3 Å². The summed E-state index contributed by atoms with van der Waals surface area (Å²) in [4.78, 5) is 32.2. The normalized spacial score (nSPS) is 10.3. The number of rotatable bonds is 7. The first-order valence-corrected chi connectivity index (χ1v) is 9.22. The average molecular weight is 390 g/mol. The molecular formula is C22H22N4O3. The molecular weight excluding hydrogens is 368 g/mol. The monoisotopic (exact) mass is 390 g/mol. The molecule has 1 heterocycles. The highest BCUT2D eigenvalue weighted by molar-refractivity contribution is 5.95. The molecule has 7 nitrogen and oxygen atoms in total. The van der Waals surface area contributed by atoms with Crippen LogP contribution in [0.5, 0.6) is 0 Å². The highest BCUT2D eigenvalue weighted by Gasteiger charge is 2.08. The summed E-state index contributed by atoms with van der Waals surface area (Å²) in [7, 11) is 0. The molecule has 1 aromatic heterocycles. The second-order valence-electron chi connectivity index (χ2n) is 6.40. The van der Waals surface area contributed by atoms with Crippen molar-refractivity contribution in [2.45, 2.75) is 20.8 Å². The number of nitrogens with zero attached hydrogens (tertiary/aromatic N) is 2. The average Bonchev–Trinajstić information content (AvgIpc) is 2.68. The number of carbonyl (C=O) groups excluding carboxylic acids is 2. The van der Waals surface area contributed by atoms with E-state index in [9.17, 15) is 9.59 Å². The second-order valence-corrected chi connectivity index (χ2v) is 6.40. The van der Waals surface area contributed by atoms with Gasteiger partial charge >= 0.3 is 5.97 Å². The number of nitrogens with one attached hydrogen (secondary N) is 2. The van der Waals surface area contributed by atoms with Gasteiger partial charge in [-0.25, -0.2) is 9.78 Å². The fraction of sp³-hybridized carbons (Fsp3) is 0.182. The third-order valence-electron chi connectivity index (χ3n) is 4.05.